The van der Waals surface area contributed by atoms with Crippen molar-refractivity contribution in [3.63, 3.8) is 0 Å². The van der Waals surface area contributed by atoms with Crippen molar-refractivity contribution < 1.29 is 9.18 Å². The van der Waals surface area contributed by atoms with E-state index in [0.717, 1.165) is 16.8 Å². The zero-order valence-electron chi connectivity index (χ0n) is 13.7. The number of amides is 1. The average molecular weight is 335 g/mol. The summed E-state index contributed by atoms with van der Waals surface area (Å²) >= 11 is 0. The second kappa shape index (κ2) is 8.15. The molecule has 3 rings (SSSR count). The van der Waals surface area contributed by atoms with Crippen LogP contribution in [0.25, 0.3) is 11.3 Å². The lowest BCUT2D eigenvalue weighted by molar-refractivity contribution is -0.121. The molecule has 0 fully saturated rings. The summed E-state index contributed by atoms with van der Waals surface area (Å²) in [6.45, 7) is 0.369. The Kier molecular flexibility index (Phi) is 5.46. The molecule has 0 radical (unpaired) electrons. The molecule has 0 unspecified atom stereocenters. The van der Waals surface area contributed by atoms with Crippen LogP contribution in [0.15, 0.2) is 67.1 Å². The van der Waals surface area contributed by atoms with Crippen LogP contribution in [0, 0.1) is 5.82 Å². The normalized spacial score (nSPS) is 10.4. The fourth-order valence-corrected chi connectivity index (χ4v) is 2.58. The summed E-state index contributed by atoms with van der Waals surface area (Å²) in [6.07, 6.45) is 5.78. The van der Waals surface area contributed by atoms with Crippen molar-refractivity contribution in [1.82, 2.24) is 15.3 Å². The third-order valence-electron chi connectivity index (χ3n) is 3.88. The number of nitrogens with one attached hydrogen (secondary N) is 1. The van der Waals surface area contributed by atoms with Gasteiger partial charge >= 0.3 is 0 Å². The molecule has 0 saturated heterocycles. The van der Waals surface area contributed by atoms with Crippen LogP contribution in [0.4, 0.5) is 4.39 Å². The van der Waals surface area contributed by atoms with Crippen LogP contribution < -0.4 is 5.32 Å². The van der Waals surface area contributed by atoms with Crippen LogP contribution in [0.5, 0.6) is 0 Å². The Morgan fingerprint density at radius 3 is 2.60 bits per heavy atom. The molecule has 25 heavy (non-hydrogen) atoms. The van der Waals surface area contributed by atoms with Gasteiger partial charge in [0.2, 0.25) is 5.91 Å². The number of benzene rings is 1. The number of rotatable bonds is 6. The molecular formula is C20H18FN3O. The van der Waals surface area contributed by atoms with Crippen molar-refractivity contribution in [3.8, 4) is 11.3 Å². The van der Waals surface area contributed by atoms with E-state index in [1.165, 1.54) is 6.07 Å². The van der Waals surface area contributed by atoms with Crippen molar-refractivity contribution >= 4 is 5.91 Å². The zero-order chi connectivity index (χ0) is 17.5. The number of pyridine rings is 2. The standard InChI is InChI=1S/C20H18FN3O/c21-18-8-2-1-5-15(18)9-10-19(25)24-14-17-7-4-12-23-20(17)16-6-3-11-22-13-16/h1-8,11-13H,9-10,14H2,(H,24,25). The van der Waals surface area contributed by atoms with Crippen molar-refractivity contribution in [3.05, 3.63) is 84.1 Å². The van der Waals surface area contributed by atoms with Gasteiger partial charge < -0.3 is 5.32 Å². The summed E-state index contributed by atoms with van der Waals surface area (Å²) in [5, 5.41) is 2.88. The molecule has 3 aromatic rings. The van der Waals surface area contributed by atoms with Gasteiger partial charge in [0.15, 0.2) is 0 Å². The Balaban J connectivity index is 1.60. The first-order chi connectivity index (χ1) is 12.2. The van der Waals surface area contributed by atoms with E-state index in [4.69, 9.17) is 0 Å². The topological polar surface area (TPSA) is 54.9 Å². The lowest BCUT2D eigenvalue weighted by atomic mass is 10.1. The quantitative estimate of drug-likeness (QED) is 0.750. The predicted molar refractivity (Wildman–Crippen MR) is 94.0 cm³/mol. The second-order valence-electron chi connectivity index (χ2n) is 5.62. The van der Waals surface area contributed by atoms with E-state index >= 15 is 0 Å². The Labute approximate surface area is 145 Å². The van der Waals surface area contributed by atoms with E-state index in [1.54, 1.807) is 36.8 Å². The number of carbonyl (C=O) groups excluding carboxylic acids is 1. The maximum absolute atomic E-state index is 13.6. The van der Waals surface area contributed by atoms with Gasteiger partial charge in [0.05, 0.1) is 5.69 Å². The monoisotopic (exact) mass is 335 g/mol. The van der Waals surface area contributed by atoms with Gasteiger partial charge in [-0.15, -0.1) is 0 Å². The van der Waals surface area contributed by atoms with Crippen molar-refractivity contribution in [1.29, 1.82) is 0 Å². The van der Waals surface area contributed by atoms with E-state index in [0.29, 0.717) is 18.5 Å². The van der Waals surface area contributed by atoms with E-state index in [1.807, 2.05) is 24.3 Å². The predicted octanol–water partition coefficient (Wildman–Crippen LogP) is 3.53. The molecule has 0 aliphatic rings. The molecule has 4 nitrogen and oxygen atoms in total. The van der Waals surface area contributed by atoms with Crippen LogP contribution in [-0.4, -0.2) is 15.9 Å². The molecule has 0 aliphatic heterocycles. The number of hydrogen-bond donors (Lipinski definition) is 1. The summed E-state index contributed by atoms with van der Waals surface area (Å²) in [4.78, 5) is 20.6. The molecule has 126 valence electrons. The van der Waals surface area contributed by atoms with Crippen LogP contribution in [0.1, 0.15) is 17.5 Å². The number of nitrogens with zero attached hydrogens (tertiary/aromatic N) is 2. The Morgan fingerprint density at radius 2 is 1.80 bits per heavy atom. The van der Waals surface area contributed by atoms with Gasteiger partial charge in [-0.2, -0.15) is 0 Å². The average Bonchev–Trinajstić information content (AvgIpc) is 2.66. The van der Waals surface area contributed by atoms with Crippen LogP contribution in [0.2, 0.25) is 0 Å². The number of carbonyl (C=O) groups is 1. The molecule has 5 heteroatoms. The highest BCUT2D eigenvalue weighted by Gasteiger charge is 2.09. The smallest absolute Gasteiger partial charge is 0.220 e. The molecule has 0 spiro atoms. The van der Waals surface area contributed by atoms with Crippen LogP contribution in [-0.2, 0) is 17.8 Å². The first kappa shape index (κ1) is 16.8. The van der Waals surface area contributed by atoms with Gasteiger partial charge in [0.1, 0.15) is 5.82 Å². The van der Waals surface area contributed by atoms with Gasteiger partial charge in [-0.25, -0.2) is 4.39 Å². The molecule has 1 amide bonds. The summed E-state index contributed by atoms with van der Waals surface area (Å²) < 4.78 is 13.6. The number of hydrogen-bond acceptors (Lipinski definition) is 3. The summed E-state index contributed by atoms with van der Waals surface area (Å²) in [5.74, 6) is -0.398. The second-order valence-corrected chi connectivity index (χ2v) is 5.62. The van der Waals surface area contributed by atoms with Gasteiger partial charge in [0.25, 0.3) is 0 Å². The number of aryl methyl sites for hydroxylation is 1. The summed E-state index contributed by atoms with van der Waals surface area (Å²) in [7, 11) is 0. The van der Waals surface area contributed by atoms with E-state index in [-0.39, 0.29) is 18.1 Å². The van der Waals surface area contributed by atoms with Crippen LogP contribution >= 0.6 is 0 Å². The van der Waals surface area contributed by atoms with Gasteiger partial charge in [-0.1, -0.05) is 24.3 Å². The SMILES string of the molecule is O=C(CCc1ccccc1F)NCc1cccnc1-c1cccnc1. The first-order valence-corrected chi connectivity index (χ1v) is 8.08. The number of aromatic nitrogens is 2. The molecule has 0 atom stereocenters. The Bertz CT molecular complexity index is 852. The third-order valence-corrected chi connectivity index (χ3v) is 3.88. The fraction of sp³-hybridized carbons (Fsp3) is 0.150. The molecule has 0 saturated carbocycles. The van der Waals surface area contributed by atoms with Crippen LogP contribution in [0.3, 0.4) is 0 Å². The van der Waals surface area contributed by atoms with E-state index in [9.17, 15) is 9.18 Å². The largest absolute Gasteiger partial charge is 0.352 e. The minimum Gasteiger partial charge on any atom is -0.352 e. The summed E-state index contributed by atoms with van der Waals surface area (Å²) in [5.41, 5.74) is 3.16. The third kappa shape index (κ3) is 4.47. The highest BCUT2D eigenvalue weighted by atomic mass is 19.1. The first-order valence-electron chi connectivity index (χ1n) is 8.08. The highest BCUT2D eigenvalue weighted by Crippen LogP contribution is 2.19. The molecule has 1 aromatic carbocycles. The van der Waals surface area contributed by atoms with Gasteiger partial charge in [0, 0.05) is 37.1 Å². The maximum Gasteiger partial charge on any atom is 0.220 e. The minimum absolute atomic E-state index is 0.121. The summed E-state index contributed by atoms with van der Waals surface area (Å²) in [6, 6.07) is 14.0. The van der Waals surface area contributed by atoms with Crippen molar-refractivity contribution in [2.45, 2.75) is 19.4 Å². The van der Waals surface area contributed by atoms with Gasteiger partial charge in [-0.05, 0) is 41.8 Å². The molecule has 0 aliphatic carbocycles. The zero-order valence-corrected chi connectivity index (χ0v) is 13.7. The molecule has 1 N–H and O–H groups in total. The molecule has 2 aromatic heterocycles. The molecular weight excluding hydrogens is 317 g/mol. The van der Waals surface area contributed by atoms with E-state index < -0.39 is 0 Å². The van der Waals surface area contributed by atoms with Gasteiger partial charge in [-0.3, -0.25) is 14.8 Å². The number of halogens is 1. The molecule has 2 heterocycles. The van der Waals surface area contributed by atoms with Crippen molar-refractivity contribution in [2.75, 3.05) is 0 Å². The fourth-order valence-electron chi connectivity index (χ4n) is 2.58. The molecule has 0 bridgehead atoms. The lowest BCUT2D eigenvalue weighted by Crippen LogP contribution is -2.23. The van der Waals surface area contributed by atoms with E-state index in [2.05, 4.69) is 15.3 Å². The Hall–Kier alpha value is -3.08. The highest BCUT2D eigenvalue weighted by molar-refractivity contribution is 5.76. The Morgan fingerprint density at radius 1 is 1.00 bits per heavy atom. The minimum atomic E-state index is -0.276. The lowest BCUT2D eigenvalue weighted by Gasteiger charge is -2.10. The maximum atomic E-state index is 13.6. The van der Waals surface area contributed by atoms with Crippen molar-refractivity contribution in [2.24, 2.45) is 0 Å².